The average molecular weight is 226 g/mol. The molecule has 0 saturated heterocycles. The molecule has 0 saturated carbocycles. The van der Waals surface area contributed by atoms with Gasteiger partial charge in [-0.3, -0.25) is 0 Å². The maximum absolute atomic E-state index is 5.48. The molecule has 2 N–H and O–H groups in total. The van der Waals surface area contributed by atoms with Crippen LogP contribution in [0, 0.1) is 0 Å². The van der Waals surface area contributed by atoms with Gasteiger partial charge in [0.1, 0.15) is 6.33 Å². The van der Waals surface area contributed by atoms with Gasteiger partial charge in [-0.05, 0) is 0 Å². The van der Waals surface area contributed by atoms with Gasteiger partial charge >= 0.3 is 0 Å². The average Bonchev–Trinajstić information content (AvgIpc) is 2.87. The third kappa shape index (κ3) is 1.64. The monoisotopic (exact) mass is 226 g/mol. The smallest absolute Gasteiger partial charge is 0.185 e. The molecule has 0 aliphatic carbocycles. The van der Waals surface area contributed by atoms with Crippen molar-refractivity contribution in [3.05, 3.63) is 42.6 Å². The predicted molar refractivity (Wildman–Crippen MR) is 62.3 cm³/mol. The molecular formula is C11H10N6. The first-order valence-electron chi connectivity index (χ1n) is 5.20. The van der Waals surface area contributed by atoms with E-state index in [4.69, 9.17) is 5.73 Å². The number of hydrogen-bond donors (Lipinski definition) is 1. The quantitative estimate of drug-likeness (QED) is 0.694. The summed E-state index contributed by atoms with van der Waals surface area (Å²) in [5.41, 5.74) is 5.48. The number of fused-ring (bicyclic) bond motifs is 1. The van der Waals surface area contributed by atoms with Crippen LogP contribution in [0.25, 0.3) is 16.6 Å². The van der Waals surface area contributed by atoms with Crippen molar-refractivity contribution in [3.63, 3.8) is 0 Å². The van der Waals surface area contributed by atoms with Crippen molar-refractivity contribution in [1.29, 1.82) is 0 Å². The van der Waals surface area contributed by atoms with Crippen LogP contribution >= 0.6 is 0 Å². The lowest BCUT2D eigenvalue weighted by Crippen LogP contribution is -2.03. The molecule has 0 radical (unpaired) electrons. The van der Waals surface area contributed by atoms with Gasteiger partial charge in [-0.2, -0.15) is 9.78 Å². The molecule has 0 aliphatic heterocycles. The van der Waals surface area contributed by atoms with E-state index in [1.807, 2.05) is 24.3 Å². The van der Waals surface area contributed by atoms with Crippen molar-refractivity contribution in [1.82, 2.24) is 25.0 Å². The highest BCUT2D eigenvalue weighted by Gasteiger charge is 2.07. The Morgan fingerprint density at radius 1 is 1.24 bits per heavy atom. The summed E-state index contributed by atoms with van der Waals surface area (Å²) in [4.78, 5) is 4.08. The second kappa shape index (κ2) is 3.91. The summed E-state index contributed by atoms with van der Waals surface area (Å²) >= 11 is 0. The fourth-order valence-electron chi connectivity index (χ4n) is 1.67. The second-order valence-corrected chi connectivity index (χ2v) is 3.56. The molecule has 0 fully saturated rings. The van der Waals surface area contributed by atoms with Crippen LogP contribution in [0.15, 0.2) is 36.8 Å². The number of nitrogens with two attached hydrogens (primary N) is 1. The molecule has 6 nitrogen and oxygen atoms in total. The van der Waals surface area contributed by atoms with Gasteiger partial charge in [0.25, 0.3) is 0 Å². The van der Waals surface area contributed by atoms with Gasteiger partial charge in [-0.15, -0.1) is 10.2 Å². The first-order chi connectivity index (χ1) is 8.38. The molecule has 0 aliphatic rings. The highest BCUT2D eigenvalue weighted by Crippen LogP contribution is 2.17. The molecule has 17 heavy (non-hydrogen) atoms. The number of rotatable bonds is 2. The van der Waals surface area contributed by atoms with Gasteiger partial charge < -0.3 is 5.73 Å². The van der Waals surface area contributed by atoms with Crippen LogP contribution in [0.3, 0.4) is 0 Å². The Balaban J connectivity index is 2.23. The Morgan fingerprint density at radius 3 is 2.94 bits per heavy atom. The summed E-state index contributed by atoms with van der Waals surface area (Å²) in [6.45, 7) is 0.311. The Morgan fingerprint density at radius 2 is 2.12 bits per heavy atom. The SMILES string of the molecule is NCc1ncn(-c2nncc3ccccc23)n1. The molecule has 2 aromatic heterocycles. The third-order valence-corrected chi connectivity index (χ3v) is 2.49. The van der Waals surface area contributed by atoms with Crippen molar-refractivity contribution in [2.24, 2.45) is 5.73 Å². The van der Waals surface area contributed by atoms with E-state index in [1.165, 1.54) is 0 Å². The minimum Gasteiger partial charge on any atom is -0.324 e. The first-order valence-corrected chi connectivity index (χ1v) is 5.20. The van der Waals surface area contributed by atoms with Gasteiger partial charge in [0.2, 0.25) is 0 Å². The second-order valence-electron chi connectivity index (χ2n) is 3.56. The van der Waals surface area contributed by atoms with Gasteiger partial charge in [0, 0.05) is 10.8 Å². The Labute approximate surface area is 97.1 Å². The minimum atomic E-state index is 0.311. The number of hydrogen-bond acceptors (Lipinski definition) is 5. The van der Waals surface area contributed by atoms with Crippen LogP contribution in [0.1, 0.15) is 5.82 Å². The lowest BCUT2D eigenvalue weighted by atomic mass is 10.2. The summed E-state index contributed by atoms with van der Waals surface area (Å²) in [7, 11) is 0. The van der Waals surface area contributed by atoms with E-state index in [-0.39, 0.29) is 0 Å². The number of nitrogens with zero attached hydrogens (tertiary/aromatic N) is 5. The molecule has 2 heterocycles. The highest BCUT2D eigenvalue weighted by atomic mass is 15.4. The molecule has 0 amide bonds. The zero-order valence-corrected chi connectivity index (χ0v) is 8.98. The lowest BCUT2D eigenvalue weighted by Gasteiger charge is -2.02. The molecule has 6 heteroatoms. The van der Waals surface area contributed by atoms with Crippen molar-refractivity contribution in [2.75, 3.05) is 0 Å². The Kier molecular flexibility index (Phi) is 2.27. The van der Waals surface area contributed by atoms with Crippen LogP contribution in [0.5, 0.6) is 0 Å². The topological polar surface area (TPSA) is 82.5 Å². The Hall–Kier alpha value is -2.34. The van der Waals surface area contributed by atoms with Crippen molar-refractivity contribution < 1.29 is 0 Å². The van der Waals surface area contributed by atoms with E-state index in [2.05, 4.69) is 20.3 Å². The van der Waals surface area contributed by atoms with Crippen LogP contribution in [0.2, 0.25) is 0 Å². The predicted octanol–water partition coefficient (Wildman–Crippen LogP) is 0.669. The largest absolute Gasteiger partial charge is 0.324 e. The van der Waals surface area contributed by atoms with E-state index >= 15 is 0 Å². The molecular weight excluding hydrogens is 216 g/mol. The van der Waals surface area contributed by atoms with Crippen molar-refractivity contribution >= 4 is 10.8 Å². The highest BCUT2D eigenvalue weighted by molar-refractivity contribution is 5.87. The molecule has 84 valence electrons. The maximum atomic E-state index is 5.48. The Bertz CT molecular complexity index is 654. The number of aromatic nitrogens is 5. The molecule has 3 aromatic rings. The van der Waals surface area contributed by atoms with E-state index in [0.717, 1.165) is 10.8 Å². The zero-order chi connectivity index (χ0) is 11.7. The summed E-state index contributed by atoms with van der Waals surface area (Å²) in [5.74, 6) is 1.25. The fraction of sp³-hybridized carbons (Fsp3) is 0.0909. The summed E-state index contributed by atoms with van der Waals surface area (Å²) in [6, 6.07) is 7.87. The van der Waals surface area contributed by atoms with E-state index in [1.54, 1.807) is 17.2 Å². The zero-order valence-electron chi connectivity index (χ0n) is 8.98. The van der Waals surface area contributed by atoms with Gasteiger partial charge in [-0.1, -0.05) is 24.3 Å². The van der Waals surface area contributed by atoms with Gasteiger partial charge in [-0.25, -0.2) is 4.98 Å². The van der Waals surface area contributed by atoms with Crippen molar-refractivity contribution in [2.45, 2.75) is 6.54 Å². The van der Waals surface area contributed by atoms with E-state index in [0.29, 0.717) is 18.2 Å². The molecule has 0 spiro atoms. The lowest BCUT2D eigenvalue weighted by molar-refractivity contribution is 0.796. The van der Waals surface area contributed by atoms with Gasteiger partial charge in [0.15, 0.2) is 11.6 Å². The van der Waals surface area contributed by atoms with Gasteiger partial charge in [0.05, 0.1) is 12.7 Å². The summed E-state index contributed by atoms with van der Waals surface area (Å²) in [6.07, 6.45) is 3.32. The molecule has 0 unspecified atom stereocenters. The molecule has 0 bridgehead atoms. The minimum absolute atomic E-state index is 0.311. The van der Waals surface area contributed by atoms with Crippen molar-refractivity contribution in [3.8, 4) is 5.82 Å². The summed E-state index contributed by atoms with van der Waals surface area (Å²) < 4.78 is 1.59. The third-order valence-electron chi connectivity index (χ3n) is 2.49. The molecule has 0 atom stereocenters. The normalized spacial score (nSPS) is 10.9. The fourth-order valence-corrected chi connectivity index (χ4v) is 1.67. The van der Waals surface area contributed by atoms with Crippen LogP contribution < -0.4 is 5.73 Å². The maximum Gasteiger partial charge on any atom is 0.185 e. The first kappa shape index (κ1) is 9.86. The van der Waals surface area contributed by atoms with E-state index in [9.17, 15) is 0 Å². The van der Waals surface area contributed by atoms with Crippen LogP contribution in [-0.4, -0.2) is 25.0 Å². The van der Waals surface area contributed by atoms with Crippen LogP contribution in [-0.2, 0) is 6.54 Å². The standard InChI is InChI=1S/C11H10N6/c12-5-10-13-7-17(16-10)11-9-4-2-1-3-8(9)6-14-15-11/h1-4,6-7H,5,12H2. The molecule has 1 aromatic carbocycles. The van der Waals surface area contributed by atoms with E-state index < -0.39 is 0 Å². The molecule has 3 rings (SSSR count). The summed E-state index contributed by atoms with van der Waals surface area (Å²) in [5, 5.41) is 14.3. The number of benzene rings is 1. The van der Waals surface area contributed by atoms with Crippen LogP contribution in [0.4, 0.5) is 0 Å².